The van der Waals surface area contributed by atoms with E-state index in [1.54, 1.807) is 0 Å². The molecule has 3 aliphatic rings. The van der Waals surface area contributed by atoms with Gasteiger partial charge in [0.05, 0.1) is 24.2 Å². The number of carbonyl (C=O) groups is 1. The second-order valence-electron chi connectivity index (χ2n) is 8.12. The Morgan fingerprint density at radius 2 is 1.93 bits per heavy atom. The SMILES string of the molecule is O=C(O)C[C@@H]1C2CCC(CC2)[C@@H]1Nc1nc(-c2[nH]nc3ncc(F)cc23)ncc1F. The number of hydrogen-bond donors (Lipinski definition) is 3. The van der Waals surface area contributed by atoms with Crippen LogP contribution in [0, 0.1) is 29.4 Å². The number of halogens is 2. The van der Waals surface area contributed by atoms with Crippen molar-refractivity contribution in [2.45, 2.75) is 38.1 Å². The predicted octanol–water partition coefficient (Wildman–Crippen LogP) is 3.38. The summed E-state index contributed by atoms with van der Waals surface area (Å²) in [5.41, 5.74) is 0.646. The number of rotatable bonds is 5. The van der Waals surface area contributed by atoms with Crippen LogP contribution in [0.3, 0.4) is 0 Å². The van der Waals surface area contributed by atoms with E-state index in [1.165, 1.54) is 6.07 Å². The maximum absolute atomic E-state index is 14.6. The highest BCUT2D eigenvalue weighted by Gasteiger charge is 2.44. The molecule has 3 aromatic heterocycles. The zero-order valence-corrected chi connectivity index (χ0v) is 16.0. The standard InChI is InChI=1S/C20H20F2N6O2/c21-11-5-13-17(27-28-18(13)23-7-11)20-24-8-14(22)19(26-20)25-16-10-3-1-9(2-4-10)12(16)6-15(29)30/h5,7-10,12,16H,1-4,6H2,(H,29,30)(H,23,27,28)(H,24,25,26)/t9?,10?,12-,16+/m1/s1. The van der Waals surface area contributed by atoms with E-state index in [2.05, 4.69) is 30.5 Å². The smallest absolute Gasteiger partial charge is 0.303 e. The molecular weight excluding hydrogens is 394 g/mol. The topological polar surface area (TPSA) is 117 Å². The zero-order chi connectivity index (χ0) is 20.8. The first kappa shape index (κ1) is 18.8. The quantitative estimate of drug-likeness (QED) is 0.586. The predicted molar refractivity (Wildman–Crippen MR) is 103 cm³/mol. The van der Waals surface area contributed by atoms with Crippen LogP contribution < -0.4 is 5.32 Å². The number of hydrogen-bond acceptors (Lipinski definition) is 6. The van der Waals surface area contributed by atoms with Gasteiger partial charge in [-0.1, -0.05) is 0 Å². The van der Waals surface area contributed by atoms with Gasteiger partial charge in [-0.05, 0) is 49.5 Å². The molecule has 3 N–H and O–H groups in total. The summed E-state index contributed by atoms with van der Waals surface area (Å²) in [6, 6.07) is 1.10. The minimum atomic E-state index is -0.846. The van der Waals surface area contributed by atoms with Crippen molar-refractivity contribution in [1.29, 1.82) is 0 Å². The lowest BCUT2D eigenvalue weighted by Crippen LogP contribution is -2.49. The van der Waals surface area contributed by atoms with E-state index in [0.29, 0.717) is 22.6 Å². The zero-order valence-electron chi connectivity index (χ0n) is 16.0. The summed E-state index contributed by atoms with van der Waals surface area (Å²) in [5.74, 6) is -1.30. The van der Waals surface area contributed by atoms with Gasteiger partial charge in [0.15, 0.2) is 23.1 Å². The summed E-state index contributed by atoms with van der Waals surface area (Å²) in [7, 11) is 0. The highest BCUT2D eigenvalue weighted by molar-refractivity contribution is 5.88. The molecule has 0 unspecified atom stereocenters. The van der Waals surface area contributed by atoms with Gasteiger partial charge in [-0.2, -0.15) is 5.10 Å². The minimum absolute atomic E-state index is 0.0139. The molecule has 0 aromatic carbocycles. The molecule has 3 fully saturated rings. The Hall–Kier alpha value is -3.17. The fraction of sp³-hybridized carbons (Fsp3) is 0.450. The summed E-state index contributed by atoms with van der Waals surface area (Å²) < 4.78 is 28.2. The maximum Gasteiger partial charge on any atom is 0.303 e. The first-order valence-corrected chi connectivity index (χ1v) is 10.0. The Bertz CT molecular complexity index is 1110. The molecule has 0 spiro atoms. The van der Waals surface area contributed by atoms with Crippen LogP contribution in [-0.2, 0) is 4.79 Å². The number of aromatic nitrogens is 5. The van der Waals surface area contributed by atoms with E-state index in [9.17, 15) is 18.7 Å². The van der Waals surface area contributed by atoms with E-state index in [1.807, 2.05) is 0 Å². The average molecular weight is 414 g/mol. The molecule has 30 heavy (non-hydrogen) atoms. The van der Waals surface area contributed by atoms with Crippen LogP contribution in [0.25, 0.3) is 22.6 Å². The number of aromatic amines is 1. The fourth-order valence-corrected chi connectivity index (χ4v) is 5.09. The molecule has 0 aliphatic heterocycles. The second-order valence-corrected chi connectivity index (χ2v) is 8.12. The maximum atomic E-state index is 14.6. The largest absolute Gasteiger partial charge is 0.481 e. The lowest BCUT2D eigenvalue weighted by atomic mass is 9.61. The molecule has 0 saturated heterocycles. The summed E-state index contributed by atoms with van der Waals surface area (Å²) in [6.07, 6.45) is 6.17. The van der Waals surface area contributed by atoms with Crippen molar-refractivity contribution in [3.63, 3.8) is 0 Å². The van der Waals surface area contributed by atoms with Crippen molar-refractivity contribution in [2.24, 2.45) is 17.8 Å². The first-order valence-electron chi connectivity index (χ1n) is 10.0. The number of fused-ring (bicyclic) bond motifs is 4. The molecule has 6 rings (SSSR count). The number of carboxylic acid groups (broad SMARTS) is 1. The van der Waals surface area contributed by atoms with Crippen molar-refractivity contribution in [2.75, 3.05) is 5.32 Å². The second kappa shape index (κ2) is 7.26. The average Bonchev–Trinajstić information content (AvgIpc) is 3.14. The lowest BCUT2D eigenvalue weighted by molar-refractivity contribution is -0.139. The van der Waals surface area contributed by atoms with Crippen LogP contribution >= 0.6 is 0 Å². The van der Waals surface area contributed by atoms with Crippen LogP contribution in [0.1, 0.15) is 32.1 Å². The number of nitrogens with zero attached hydrogens (tertiary/aromatic N) is 4. The molecule has 3 heterocycles. The summed E-state index contributed by atoms with van der Waals surface area (Å²) in [6.45, 7) is 0. The lowest BCUT2D eigenvalue weighted by Gasteiger charge is -2.48. The molecular formula is C20H20F2N6O2. The molecule has 8 nitrogen and oxygen atoms in total. The van der Waals surface area contributed by atoms with Gasteiger partial charge in [-0.15, -0.1) is 0 Å². The molecule has 10 heteroatoms. The highest BCUT2D eigenvalue weighted by Crippen LogP contribution is 2.47. The van der Waals surface area contributed by atoms with Crippen molar-refractivity contribution < 1.29 is 18.7 Å². The molecule has 3 aliphatic carbocycles. The van der Waals surface area contributed by atoms with Gasteiger partial charge in [0, 0.05) is 6.04 Å². The number of H-pyrrole nitrogens is 1. The van der Waals surface area contributed by atoms with E-state index in [-0.39, 0.29) is 35.9 Å². The Balaban J connectivity index is 1.49. The van der Waals surface area contributed by atoms with Gasteiger partial charge < -0.3 is 10.4 Å². The normalized spacial score (nSPS) is 25.5. The van der Waals surface area contributed by atoms with E-state index in [0.717, 1.165) is 38.1 Å². The monoisotopic (exact) mass is 414 g/mol. The van der Waals surface area contributed by atoms with Crippen LogP contribution in [0.5, 0.6) is 0 Å². The third-order valence-corrected chi connectivity index (χ3v) is 6.45. The first-order chi connectivity index (χ1) is 14.5. The molecule has 3 saturated carbocycles. The Morgan fingerprint density at radius 3 is 2.70 bits per heavy atom. The van der Waals surface area contributed by atoms with E-state index >= 15 is 0 Å². The molecule has 0 amide bonds. The van der Waals surface area contributed by atoms with Gasteiger partial charge in [-0.25, -0.2) is 23.7 Å². The van der Waals surface area contributed by atoms with Crippen molar-refractivity contribution >= 4 is 22.8 Å². The van der Waals surface area contributed by atoms with Gasteiger partial charge in [-0.3, -0.25) is 9.89 Å². The number of anilines is 1. The van der Waals surface area contributed by atoms with Gasteiger partial charge in [0.1, 0.15) is 11.5 Å². The van der Waals surface area contributed by atoms with Crippen LogP contribution in [0.2, 0.25) is 0 Å². The summed E-state index contributed by atoms with van der Waals surface area (Å²) in [4.78, 5) is 23.6. The minimum Gasteiger partial charge on any atom is -0.481 e. The molecule has 2 bridgehead atoms. The van der Waals surface area contributed by atoms with Crippen LogP contribution in [-0.4, -0.2) is 42.3 Å². The van der Waals surface area contributed by atoms with Crippen molar-refractivity contribution in [3.05, 3.63) is 30.1 Å². The number of nitrogens with one attached hydrogen (secondary N) is 2. The number of pyridine rings is 1. The Labute approximate surface area is 170 Å². The number of carboxylic acids is 1. The highest BCUT2D eigenvalue weighted by atomic mass is 19.1. The Morgan fingerprint density at radius 1 is 1.17 bits per heavy atom. The van der Waals surface area contributed by atoms with Crippen molar-refractivity contribution in [3.8, 4) is 11.5 Å². The molecule has 156 valence electrons. The van der Waals surface area contributed by atoms with E-state index in [4.69, 9.17) is 0 Å². The van der Waals surface area contributed by atoms with Crippen molar-refractivity contribution in [1.82, 2.24) is 25.1 Å². The van der Waals surface area contributed by atoms with Gasteiger partial charge in [0.2, 0.25) is 0 Å². The summed E-state index contributed by atoms with van der Waals surface area (Å²) in [5, 5.41) is 19.7. The number of aliphatic carboxylic acids is 1. The Kier molecular flexibility index (Phi) is 4.56. The van der Waals surface area contributed by atoms with E-state index < -0.39 is 17.6 Å². The van der Waals surface area contributed by atoms with Gasteiger partial charge in [0.25, 0.3) is 0 Å². The summed E-state index contributed by atoms with van der Waals surface area (Å²) >= 11 is 0. The third-order valence-electron chi connectivity index (χ3n) is 6.45. The van der Waals surface area contributed by atoms with Crippen LogP contribution in [0.4, 0.5) is 14.6 Å². The molecule has 0 radical (unpaired) electrons. The third kappa shape index (κ3) is 3.25. The molecule has 2 atom stereocenters. The van der Waals surface area contributed by atoms with Crippen LogP contribution in [0.15, 0.2) is 18.5 Å². The molecule has 3 aromatic rings. The fourth-order valence-electron chi connectivity index (χ4n) is 5.09. The van der Waals surface area contributed by atoms with Gasteiger partial charge >= 0.3 is 5.97 Å².